The Balaban J connectivity index is 2.66. The molecule has 0 saturated heterocycles. The number of nitro groups is 1. The van der Waals surface area contributed by atoms with Gasteiger partial charge in [-0.25, -0.2) is 0 Å². The summed E-state index contributed by atoms with van der Waals surface area (Å²) in [5.41, 5.74) is 0.747. The summed E-state index contributed by atoms with van der Waals surface area (Å²) in [6.45, 7) is 4.18. The molecule has 0 aliphatic rings. The summed E-state index contributed by atoms with van der Waals surface area (Å²) in [6.07, 6.45) is 6.32. The highest BCUT2D eigenvalue weighted by atomic mass is 16.6. The maximum absolute atomic E-state index is 11.0. The standard InChI is InChI=1S/C15H22N2O3/c1-3-4-5-6-7-12(2)16-14-9-8-13(11-18)10-15(14)17(19)20/h8-12,16H,3-7H2,1-2H3. The number of carbonyl (C=O) groups excluding carboxylic acids is 1. The average molecular weight is 278 g/mol. The number of unbranched alkanes of at least 4 members (excludes halogenated alkanes) is 3. The highest BCUT2D eigenvalue weighted by molar-refractivity contribution is 5.79. The Hall–Kier alpha value is -1.91. The first-order valence-electron chi connectivity index (χ1n) is 7.08. The zero-order valence-corrected chi connectivity index (χ0v) is 12.1. The molecule has 1 unspecified atom stereocenters. The first-order valence-corrected chi connectivity index (χ1v) is 7.08. The number of anilines is 1. The van der Waals surface area contributed by atoms with Gasteiger partial charge < -0.3 is 5.32 Å². The van der Waals surface area contributed by atoms with Gasteiger partial charge in [-0.1, -0.05) is 32.6 Å². The number of carbonyl (C=O) groups is 1. The van der Waals surface area contributed by atoms with Gasteiger partial charge in [0.05, 0.1) is 4.92 Å². The van der Waals surface area contributed by atoms with Crippen LogP contribution in [0.15, 0.2) is 18.2 Å². The SMILES string of the molecule is CCCCCCC(C)Nc1ccc(C=O)cc1[N+](=O)[O-]. The number of nitrogens with zero attached hydrogens (tertiary/aromatic N) is 1. The number of rotatable bonds is 9. The molecular formula is C15H22N2O3. The summed E-state index contributed by atoms with van der Waals surface area (Å²) in [7, 11) is 0. The normalized spacial score (nSPS) is 11.9. The molecule has 0 spiro atoms. The molecule has 1 N–H and O–H groups in total. The molecule has 0 radical (unpaired) electrons. The molecule has 1 aromatic rings. The Morgan fingerprint density at radius 3 is 2.70 bits per heavy atom. The smallest absolute Gasteiger partial charge is 0.293 e. The molecular weight excluding hydrogens is 256 g/mol. The Kier molecular flexibility index (Phi) is 6.70. The second-order valence-corrected chi connectivity index (χ2v) is 5.05. The van der Waals surface area contributed by atoms with E-state index in [1.54, 1.807) is 12.1 Å². The van der Waals surface area contributed by atoms with E-state index in [4.69, 9.17) is 0 Å². The van der Waals surface area contributed by atoms with E-state index in [0.717, 1.165) is 12.8 Å². The van der Waals surface area contributed by atoms with Crippen LogP contribution in [0.4, 0.5) is 11.4 Å². The van der Waals surface area contributed by atoms with Crippen LogP contribution in [0.3, 0.4) is 0 Å². The molecule has 0 amide bonds. The molecule has 110 valence electrons. The van der Waals surface area contributed by atoms with Gasteiger partial charge in [0.25, 0.3) is 5.69 Å². The van der Waals surface area contributed by atoms with Crippen LogP contribution in [-0.2, 0) is 0 Å². The van der Waals surface area contributed by atoms with Crippen molar-refractivity contribution >= 4 is 17.7 Å². The van der Waals surface area contributed by atoms with Crippen molar-refractivity contribution in [1.82, 2.24) is 0 Å². The summed E-state index contributed by atoms with van der Waals surface area (Å²) in [5.74, 6) is 0. The van der Waals surface area contributed by atoms with E-state index in [9.17, 15) is 14.9 Å². The first-order chi connectivity index (χ1) is 9.58. The third-order valence-corrected chi connectivity index (χ3v) is 3.25. The van der Waals surface area contributed by atoms with E-state index in [1.165, 1.54) is 25.3 Å². The van der Waals surface area contributed by atoms with E-state index in [-0.39, 0.29) is 11.7 Å². The van der Waals surface area contributed by atoms with Crippen LogP contribution in [-0.4, -0.2) is 17.3 Å². The largest absolute Gasteiger partial charge is 0.377 e. The van der Waals surface area contributed by atoms with E-state index < -0.39 is 4.92 Å². The van der Waals surface area contributed by atoms with Crippen LogP contribution in [0.25, 0.3) is 0 Å². The Bertz CT molecular complexity index is 460. The molecule has 1 rings (SSSR count). The zero-order chi connectivity index (χ0) is 15.0. The minimum atomic E-state index is -0.459. The lowest BCUT2D eigenvalue weighted by Gasteiger charge is -2.15. The van der Waals surface area contributed by atoms with Crippen molar-refractivity contribution in [3.8, 4) is 0 Å². The highest BCUT2D eigenvalue weighted by Gasteiger charge is 2.16. The van der Waals surface area contributed by atoms with Crippen LogP contribution < -0.4 is 5.32 Å². The van der Waals surface area contributed by atoms with Gasteiger partial charge in [-0.15, -0.1) is 0 Å². The topological polar surface area (TPSA) is 72.2 Å². The van der Waals surface area contributed by atoms with Gasteiger partial charge in [0.2, 0.25) is 0 Å². The van der Waals surface area contributed by atoms with Crippen LogP contribution in [0.1, 0.15) is 56.3 Å². The van der Waals surface area contributed by atoms with Gasteiger partial charge in [-0.2, -0.15) is 0 Å². The highest BCUT2D eigenvalue weighted by Crippen LogP contribution is 2.26. The lowest BCUT2D eigenvalue weighted by Crippen LogP contribution is -2.16. The molecule has 0 aliphatic heterocycles. The number of nitrogens with one attached hydrogen (secondary N) is 1. The minimum absolute atomic E-state index is 0.0463. The molecule has 0 aromatic heterocycles. The zero-order valence-electron chi connectivity index (χ0n) is 12.1. The summed E-state index contributed by atoms with van der Waals surface area (Å²) in [6, 6.07) is 4.67. The van der Waals surface area contributed by atoms with Crippen molar-refractivity contribution in [2.75, 3.05) is 5.32 Å². The van der Waals surface area contributed by atoms with Crippen LogP contribution in [0.5, 0.6) is 0 Å². The molecule has 0 aliphatic carbocycles. The van der Waals surface area contributed by atoms with Gasteiger partial charge >= 0.3 is 0 Å². The first kappa shape index (κ1) is 16.1. The van der Waals surface area contributed by atoms with Crippen molar-refractivity contribution < 1.29 is 9.72 Å². The van der Waals surface area contributed by atoms with E-state index in [0.29, 0.717) is 17.5 Å². The summed E-state index contributed by atoms with van der Waals surface area (Å²) >= 11 is 0. The van der Waals surface area contributed by atoms with Crippen LogP contribution >= 0.6 is 0 Å². The molecule has 1 aromatic carbocycles. The van der Waals surface area contributed by atoms with E-state index in [2.05, 4.69) is 12.2 Å². The number of hydrogen-bond acceptors (Lipinski definition) is 4. The third kappa shape index (κ3) is 4.99. The quantitative estimate of drug-likeness (QED) is 0.318. The number of benzene rings is 1. The average Bonchev–Trinajstić information content (AvgIpc) is 2.43. The van der Waals surface area contributed by atoms with Crippen molar-refractivity contribution in [2.24, 2.45) is 0 Å². The maximum Gasteiger partial charge on any atom is 0.293 e. The van der Waals surface area contributed by atoms with E-state index >= 15 is 0 Å². The number of nitro benzene ring substituents is 1. The molecule has 0 fully saturated rings. The van der Waals surface area contributed by atoms with Gasteiger partial charge in [0.1, 0.15) is 12.0 Å². The molecule has 0 bridgehead atoms. The van der Waals surface area contributed by atoms with Gasteiger partial charge in [-0.3, -0.25) is 14.9 Å². The predicted molar refractivity (Wildman–Crippen MR) is 80.3 cm³/mol. The van der Waals surface area contributed by atoms with Crippen LogP contribution in [0, 0.1) is 10.1 Å². The monoisotopic (exact) mass is 278 g/mol. The van der Waals surface area contributed by atoms with Crippen molar-refractivity contribution in [3.63, 3.8) is 0 Å². The molecule has 0 saturated carbocycles. The summed E-state index contributed by atoms with van der Waals surface area (Å²) in [4.78, 5) is 21.2. The van der Waals surface area contributed by atoms with E-state index in [1.807, 2.05) is 6.92 Å². The Labute approximate surface area is 119 Å². The second kappa shape index (κ2) is 8.30. The van der Waals surface area contributed by atoms with Gasteiger partial charge in [-0.05, 0) is 25.5 Å². The van der Waals surface area contributed by atoms with Crippen LogP contribution in [0.2, 0.25) is 0 Å². The van der Waals surface area contributed by atoms with Gasteiger partial charge in [0, 0.05) is 17.7 Å². The minimum Gasteiger partial charge on any atom is -0.377 e. The third-order valence-electron chi connectivity index (χ3n) is 3.25. The number of hydrogen-bond donors (Lipinski definition) is 1. The Morgan fingerprint density at radius 2 is 2.10 bits per heavy atom. The summed E-state index contributed by atoms with van der Waals surface area (Å²) < 4.78 is 0. The fraction of sp³-hybridized carbons (Fsp3) is 0.533. The lowest BCUT2D eigenvalue weighted by atomic mass is 10.1. The molecule has 20 heavy (non-hydrogen) atoms. The molecule has 5 nitrogen and oxygen atoms in total. The molecule has 0 heterocycles. The van der Waals surface area contributed by atoms with Crippen molar-refractivity contribution in [2.45, 2.75) is 52.0 Å². The maximum atomic E-state index is 11.0. The molecule has 5 heteroatoms. The van der Waals surface area contributed by atoms with Gasteiger partial charge in [0.15, 0.2) is 0 Å². The lowest BCUT2D eigenvalue weighted by molar-refractivity contribution is -0.384. The second-order valence-electron chi connectivity index (χ2n) is 5.05. The summed E-state index contributed by atoms with van der Waals surface area (Å²) in [5, 5.41) is 14.2. The number of aldehydes is 1. The predicted octanol–water partition coefficient (Wildman–Crippen LogP) is 4.18. The van der Waals surface area contributed by atoms with Crippen molar-refractivity contribution in [1.29, 1.82) is 0 Å². The van der Waals surface area contributed by atoms with Crippen molar-refractivity contribution in [3.05, 3.63) is 33.9 Å². The fourth-order valence-corrected chi connectivity index (χ4v) is 2.11. The molecule has 1 atom stereocenters. The Morgan fingerprint density at radius 1 is 1.35 bits per heavy atom. The fourth-order valence-electron chi connectivity index (χ4n) is 2.11.